The molecule has 1 fully saturated rings. The predicted molar refractivity (Wildman–Crippen MR) is 81.0 cm³/mol. The van der Waals surface area contributed by atoms with E-state index in [1.165, 1.54) is 6.33 Å². The minimum absolute atomic E-state index is 0. The molecule has 0 aromatic carbocycles. The van der Waals surface area contributed by atoms with Gasteiger partial charge in [0.25, 0.3) is 5.91 Å². The van der Waals surface area contributed by atoms with E-state index in [4.69, 9.17) is 5.73 Å². The van der Waals surface area contributed by atoms with Crippen LogP contribution in [0.25, 0.3) is 0 Å². The van der Waals surface area contributed by atoms with Gasteiger partial charge in [0.1, 0.15) is 6.33 Å². The third-order valence-electron chi connectivity index (χ3n) is 3.81. The van der Waals surface area contributed by atoms with E-state index in [1.54, 1.807) is 6.20 Å². The van der Waals surface area contributed by atoms with Gasteiger partial charge in [0.2, 0.25) is 0 Å². The molecule has 0 spiro atoms. The lowest BCUT2D eigenvalue weighted by Crippen LogP contribution is -2.40. The largest absolute Gasteiger partial charge is 0.349 e. The average Bonchev–Trinajstić information content (AvgIpc) is 2.85. The van der Waals surface area contributed by atoms with Crippen LogP contribution in [0.5, 0.6) is 0 Å². The third-order valence-corrected chi connectivity index (χ3v) is 3.81. The Hall–Kier alpha value is -1.20. The normalized spacial score (nSPS) is 21.6. The molecule has 0 radical (unpaired) electrons. The molecule has 2 rings (SSSR count). The molecule has 1 saturated carbocycles. The molecule has 1 amide bonds. The van der Waals surface area contributed by atoms with Crippen LogP contribution in [0.15, 0.2) is 12.5 Å². The Morgan fingerprint density at radius 2 is 2.25 bits per heavy atom. The van der Waals surface area contributed by atoms with Crippen LogP contribution >= 0.6 is 12.4 Å². The highest BCUT2D eigenvalue weighted by molar-refractivity contribution is 5.95. The van der Waals surface area contributed by atoms with E-state index < -0.39 is 0 Å². The van der Waals surface area contributed by atoms with Crippen molar-refractivity contribution in [2.45, 2.75) is 45.1 Å². The van der Waals surface area contributed by atoms with E-state index in [9.17, 15) is 4.79 Å². The monoisotopic (exact) mass is 298 g/mol. The summed E-state index contributed by atoms with van der Waals surface area (Å²) in [5, 5.41) is 3.09. The van der Waals surface area contributed by atoms with Crippen molar-refractivity contribution in [2.24, 2.45) is 11.7 Å². The minimum Gasteiger partial charge on any atom is -0.349 e. The highest BCUT2D eigenvalue weighted by atomic mass is 35.5. The molecule has 2 unspecified atom stereocenters. The number of hydrogen-bond acceptors (Lipinski definition) is 4. The lowest BCUT2D eigenvalue weighted by atomic mass is 10.0. The first kappa shape index (κ1) is 16.9. The van der Waals surface area contributed by atoms with Crippen LogP contribution in [-0.4, -0.2) is 28.5 Å². The smallest absolute Gasteiger partial charge is 0.254 e. The highest BCUT2D eigenvalue weighted by Crippen LogP contribution is 2.25. The summed E-state index contributed by atoms with van der Waals surface area (Å²) in [6.45, 7) is 4.68. The van der Waals surface area contributed by atoms with E-state index in [0.29, 0.717) is 18.0 Å². The molecule has 1 aromatic heterocycles. The molecule has 2 atom stereocenters. The molecular formula is C14H23ClN4O. The van der Waals surface area contributed by atoms with Crippen molar-refractivity contribution in [1.29, 1.82) is 0 Å². The second-order valence-electron chi connectivity index (χ2n) is 5.48. The van der Waals surface area contributed by atoms with E-state index in [-0.39, 0.29) is 30.3 Å². The minimum atomic E-state index is -0.0744. The Kier molecular flexibility index (Phi) is 6.36. The van der Waals surface area contributed by atoms with Gasteiger partial charge >= 0.3 is 0 Å². The van der Waals surface area contributed by atoms with Gasteiger partial charge in [-0.05, 0) is 31.2 Å². The van der Waals surface area contributed by atoms with E-state index in [2.05, 4.69) is 15.3 Å². The molecule has 5 nitrogen and oxygen atoms in total. The number of amides is 1. The summed E-state index contributed by atoms with van der Waals surface area (Å²) >= 11 is 0. The quantitative estimate of drug-likeness (QED) is 0.889. The Morgan fingerprint density at radius 1 is 1.50 bits per heavy atom. The van der Waals surface area contributed by atoms with E-state index >= 15 is 0 Å². The number of rotatable bonds is 4. The third kappa shape index (κ3) is 3.67. The lowest BCUT2D eigenvalue weighted by molar-refractivity contribution is 0.0926. The highest BCUT2D eigenvalue weighted by Gasteiger charge is 2.28. The summed E-state index contributed by atoms with van der Waals surface area (Å²) in [6.07, 6.45) is 6.34. The van der Waals surface area contributed by atoms with Crippen molar-refractivity contribution in [2.75, 3.05) is 6.54 Å². The molecule has 20 heavy (non-hydrogen) atoms. The first-order valence-corrected chi connectivity index (χ1v) is 6.94. The fourth-order valence-corrected chi connectivity index (χ4v) is 2.73. The number of nitrogens with one attached hydrogen (secondary N) is 1. The number of nitrogens with two attached hydrogens (primary N) is 1. The van der Waals surface area contributed by atoms with Crippen LogP contribution in [0.3, 0.4) is 0 Å². The van der Waals surface area contributed by atoms with Gasteiger partial charge in [-0.2, -0.15) is 0 Å². The van der Waals surface area contributed by atoms with Crippen LogP contribution in [0.2, 0.25) is 0 Å². The Labute approximate surface area is 126 Å². The van der Waals surface area contributed by atoms with Gasteiger partial charge in [0.05, 0.1) is 11.3 Å². The van der Waals surface area contributed by atoms with Gasteiger partial charge in [-0.1, -0.05) is 20.3 Å². The summed E-state index contributed by atoms with van der Waals surface area (Å²) < 4.78 is 0. The maximum absolute atomic E-state index is 12.4. The second kappa shape index (κ2) is 7.55. The molecule has 1 heterocycles. The number of carbonyl (C=O) groups is 1. The zero-order valence-corrected chi connectivity index (χ0v) is 12.8. The van der Waals surface area contributed by atoms with Gasteiger partial charge in [-0.3, -0.25) is 4.79 Å². The van der Waals surface area contributed by atoms with Crippen LogP contribution < -0.4 is 11.1 Å². The Morgan fingerprint density at radius 3 is 2.90 bits per heavy atom. The van der Waals surface area contributed by atoms with Gasteiger partial charge in [-0.15, -0.1) is 12.4 Å². The number of carbonyl (C=O) groups excluding carboxylic acids is 1. The lowest BCUT2D eigenvalue weighted by Gasteiger charge is -2.20. The van der Waals surface area contributed by atoms with Crippen molar-refractivity contribution in [3.8, 4) is 0 Å². The van der Waals surface area contributed by atoms with E-state index in [1.807, 2.05) is 13.8 Å². The van der Waals surface area contributed by atoms with Crippen molar-refractivity contribution in [3.63, 3.8) is 0 Å². The number of halogens is 1. The van der Waals surface area contributed by atoms with Crippen molar-refractivity contribution in [1.82, 2.24) is 15.3 Å². The first-order chi connectivity index (χ1) is 9.13. The molecule has 1 aromatic rings. The van der Waals surface area contributed by atoms with Gasteiger partial charge in [-0.25, -0.2) is 9.97 Å². The zero-order chi connectivity index (χ0) is 13.8. The van der Waals surface area contributed by atoms with Crippen LogP contribution in [0.4, 0.5) is 0 Å². The van der Waals surface area contributed by atoms with Crippen molar-refractivity contribution >= 4 is 18.3 Å². The SMILES string of the molecule is CC(C)c1ncncc1C(=O)NC1CCCC1CN.Cl. The fourth-order valence-electron chi connectivity index (χ4n) is 2.73. The molecule has 0 saturated heterocycles. The number of aromatic nitrogens is 2. The zero-order valence-electron chi connectivity index (χ0n) is 12.0. The molecular weight excluding hydrogens is 276 g/mol. The van der Waals surface area contributed by atoms with Gasteiger partial charge < -0.3 is 11.1 Å². The molecule has 1 aliphatic rings. The van der Waals surface area contributed by atoms with Crippen LogP contribution in [0, 0.1) is 5.92 Å². The molecule has 3 N–H and O–H groups in total. The van der Waals surface area contributed by atoms with Crippen LogP contribution in [-0.2, 0) is 0 Å². The molecule has 112 valence electrons. The Bertz CT molecular complexity index is 453. The molecule has 1 aliphatic carbocycles. The van der Waals surface area contributed by atoms with Crippen LogP contribution in [0.1, 0.15) is 55.1 Å². The number of nitrogens with zero attached hydrogens (tertiary/aromatic N) is 2. The average molecular weight is 299 g/mol. The second-order valence-corrected chi connectivity index (χ2v) is 5.48. The topological polar surface area (TPSA) is 80.9 Å². The molecule has 0 bridgehead atoms. The number of hydrogen-bond donors (Lipinski definition) is 2. The van der Waals surface area contributed by atoms with Gasteiger partial charge in [0, 0.05) is 12.2 Å². The molecule has 0 aliphatic heterocycles. The molecule has 6 heteroatoms. The first-order valence-electron chi connectivity index (χ1n) is 6.94. The maximum Gasteiger partial charge on any atom is 0.254 e. The summed E-state index contributed by atoms with van der Waals surface area (Å²) in [7, 11) is 0. The van der Waals surface area contributed by atoms with Gasteiger partial charge in [0.15, 0.2) is 0 Å². The summed E-state index contributed by atoms with van der Waals surface area (Å²) in [5.74, 6) is 0.531. The summed E-state index contributed by atoms with van der Waals surface area (Å²) in [4.78, 5) is 20.5. The van der Waals surface area contributed by atoms with E-state index in [0.717, 1.165) is 25.0 Å². The summed E-state index contributed by atoms with van der Waals surface area (Å²) in [6, 6.07) is 0.192. The van der Waals surface area contributed by atoms with Crippen molar-refractivity contribution in [3.05, 3.63) is 23.8 Å². The predicted octanol–water partition coefficient (Wildman–Crippen LogP) is 1.88. The Balaban J connectivity index is 0.00000200. The standard InChI is InChI=1S/C14H22N4O.ClH/c1-9(2)13-11(7-16-8-17-13)14(19)18-12-5-3-4-10(12)6-15;/h7-10,12H,3-6,15H2,1-2H3,(H,18,19);1H. The maximum atomic E-state index is 12.4. The fraction of sp³-hybridized carbons (Fsp3) is 0.643. The summed E-state index contributed by atoms with van der Waals surface area (Å²) in [5.41, 5.74) is 7.12. The van der Waals surface area contributed by atoms with Crippen molar-refractivity contribution < 1.29 is 4.79 Å².